The predicted molar refractivity (Wildman–Crippen MR) is 63.5 cm³/mol. The Morgan fingerprint density at radius 3 is 2.71 bits per heavy atom. The topological polar surface area (TPSA) is 59.5 Å². The second-order valence-corrected chi connectivity index (χ2v) is 3.45. The molecule has 0 saturated carbocycles. The van der Waals surface area contributed by atoms with Gasteiger partial charge in [0, 0.05) is 19.7 Å². The summed E-state index contributed by atoms with van der Waals surface area (Å²) in [5.74, 6) is 0.0633. The molecule has 1 amide bonds. The lowest BCUT2D eigenvalue weighted by Crippen LogP contribution is -2.27. The van der Waals surface area contributed by atoms with Gasteiger partial charge >= 0.3 is 5.97 Å². The molecule has 1 rings (SSSR count). The summed E-state index contributed by atoms with van der Waals surface area (Å²) in [6.07, 6.45) is 1.85. The van der Waals surface area contributed by atoms with Crippen molar-refractivity contribution in [1.82, 2.24) is 4.98 Å². The summed E-state index contributed by atoms with van der Waals surface area (Å²) in [6.45, 7) is 2.07. The van der Waals surface area contributed by atoms with Crippen molar-refractivity contribution in [3.05, 3.63) is 24.4 Å². The van der Waals surface area contributed by atoms with Crippen LogP contribution in [-0.4, -0.2) is 30.5 Å². The molecule has 0 atom stereocenters. The first-order chi connectivity index (χ1) is 8.15. The molecule has 5 nitrogen and oxygen atoms in total. The molecule has 0 fully saturated rings. The molecule has 17 heavy (non-hydrogen) atoms. The van der Waals surface area contributed by atoms with Gasteiger partial charge in [-0.05, 0) is 19.1 Å². The first-order valence-electron chi connectivity index (χ1n) is 5.48. The number of nitrogens with zero attached hydrogens (tertiary/aromatic N) is 2. The van der Waals surface area contributed by atoms with Gasteiger partial charge in [0.25, 0.3) is 0 Å². The SMILES string of the molecule is CCOC(=O)CCC(=O)N(C)c1ccccn1. The number of anilines is 1. The number of aromatic nitrogens is 1. The van der Waals surface area contributed by atoms with Gasteiger partial charge in [-0.2, -0.15) is 0 Å². The number of carbonyl (C=O) groups is 2. The van der Waals surface area contributed by atoms with Gasteiger partial charge in [0.1, 0.15) is 5.82 Å². The van der Waals surface area contributed by atoms with E-state index in [1.807, 2.05) is 0 Å². The maximum Gasteiger partial charge on any atom is 0.306 e. The van der Waals surface area contributed by atoms with Crippen molar-refractivity contribution in [2.45, 2.75) is 19.8 Å². The van der Waals surface area contributed by atoms with Crippen molar-refractivity contribution in [2.75, 3.05) is 18.6 Å². The Labute approximate surface area is 100 Å². The predicted octanol–water partition coefficient (Wildman–Crippen LogP) is 1.39. The quantitative estimate of drug-likeness (QED) is 0.725. The van der Waals surface area contributed by atoms with E-state index in [4.69, 9.17) is 4.74 Å². The van der Waals surface area contributed by atoms with Crippen molar-refractivity contribution in [3.63, 3.8) is 0 Å². The lowest BCUT2D eigenvalue weighted by Gasteiger charge is -2.15. The number of ether oxygens (including phenoxy) is 1. The van der Waals surface area contributed by atoms with Crippen molar-refractivity contribution >= 4 is 17.7 Å². The number of rotatable bonds is 5. The molecular weight excluding hydrogens is 220 g/mol. The van der Waals surface area contributed by atoms with Crippen LogP contribution in [0.5, 0.6) is 0 Å². The van der Waals surface area contributed by atoms with E-state index in [1.54, 1.807) is 38.4 Å². The largest absolute Gasteiger partial charge is 0.466 e. The molecule has 0 aromatic carbocycles. The number of carbonyl (C=O) groups excluding carboxylic acids is 2. The third-order valence-corrected chi connectivity index (χ3v) is 2.22. The Bertz CT molecular complexity index is 379. The second kappa shape index (κ2) is 6.62. The molecule has 92 valence electrons. The number of amides is 1. The smallest absolute Gasteiger partial charge is 0.306 e. The third kappa shape index (κ3) is 4.22. The molecule has 5 heteroatoms. The summed E-state index contributed by atoms with van der Waals surface area (Å²) < 4.78 is 4.75. The first-order valence-corrected chi connectivity index (χ1v) is 5.48. The Morgan fingerprint density at radius 1 is 1.35 bits per heavy atom. The minimum Gasteiger partial charge on any atom is -0.466 e. The second-order valence-electron chi connectivity index (χ2n) is 3.45. The Hall–Kier alpha value is -1.91. The molecule has 0 spiro atoms. The highest BCUT2D eigenvalue weighted by Crippen LogP contribution is 2.09. The summed E-state index contributed by atoms with van der Waals surface area (Å²) in [5, 5.41) is 0. The highest BCUT2D eigenvalue weighted by Gasteiger charge is 2.13. The van der Waals surface area contributed by atoms with Crippen molar-refractivity contribution in [1.29, 1.82) is 0 Å². The lowest BCUT2D eigenvalue weighted by atomic mass is 10.3. The maximum absolute atomic E-state index is 11.7. The average Bonchev–Trinajstić information content (AvgIpc) is 2.36. The molecule has 0 aliphatic carbocycles. The van der Waals surface area contributed by atoms with E-state index in [9.17, 15) is 9.59 Å². The molecular formula is C12H16N2O3. The van der Waals surface area contributed by atoms with Crippen LogP contribution in [0.25, 0.3) is 0 Å². The zero-order valence-corrected chi connectivity index (χ0v) is 10.0. The maximum atomic E-state index is 11.7. The van der Waals surface area contributed by atoms with E-state index < -0.39 is 0 Å². The van der Waals surface area contributed by atoms with Gasteiger partial charge in [-0.15, -0.1) is 0 Å². The van der Waals surface area contributed by atoms with Gasteiger partial charge in [0.15, 0.2) is 0 Å². The monoisotopic (exact) mass is 236 g/mol. The van der Waals surface area contributed by atoms with Crippen LogP contribution in [0.15, 0.2) is 24.4 Å². The van der Waals surface area contributed by atoms with Gasteiger partial charge in [-0.25, -0.2) is 4.98 Å². The zero-order chi connectivity index (χ0) is 12.7. The molecule has 0 aliphatic rings. The molecule has 1 aromatic heterocycles. The molecule has 0 N–H and O–H groups in total. The minimum absolute atomic E-state index is 0.101. The fourth-order valence-electron chi connectivity index (χ4n) is 1.29. The standard InChI is InChI=1S/C12H16N2O3/c1-3-17-12(16)8-7-11(15)14(2)10-6-4-5-9-13-10/h4-6,9H,3,7-8H2,1-2H3. The molecule has 0 saturated heterocycles. The summed E-state index contributed by atoms with van der Waals surface area (Å²) in [4.78, 5) is 28.3. The van der Waals surface area contributed by atoms with E-state index in [0.717, 1.165) is 0 Å². The first kappa shape index (κ1) is 13.2. The van der Waals surface area contributed by atoms with Gasteiger partial charge in [-0.3, -0.25) is 14.5 Å². The van der Waals surface area contributed by atoms with E-state index in [1.165, 1.54) is 4.90 Å². The van der Waals surface area contributed by atoms with Crippen LogP contribution in [0.4, 0.5) is 5.82 Å². The average molecular weight is 236 g/mol. The van der Waals surface area contributed by atoms with Crippen LogP contribution in [-0.2, 0) is 14.3 Å². The molecule has 1 aromatic rings. The Balaban J connectivity index is 2.45. The normalized spacial score (nSPS) is 9.76. The van der Waals surface area contributed by atoms with E-state index in [0.29, 0.717) is 12.4 Å². The number of hydrogen-bond donors (Lipinski definition) is 0. The lowest BCUT2D eigenvalue weighted by molar-refractivity contribution is -0.144. The summed E-state index contributed by atoms with van der Waals surface area (Å²) >= 11 is 0. The molecule has 0 bridgehead atoms. The van der Waals surface area contributed by atoms with Gasteiger partial charge in [0.05, 0.1) is 13.0 Å². The minimum atomic E-state index is -0.352. The molecule has 1 heterocycles. The van der Waals surface area contributed by atoms with E-state index in [2.05, 4.69) is 4.98 Å². The molecule has 0 unspecified atom stereocenters. The van der Waals surface area contributed by atoms with Crippen molar-refractivity contribution in [2.24, 2.45) is 0 Å². The Kier molecular flexibility index (Phi) is 5.13. The number of esters is 1. The fraction of sp³-hybridized carbons (Fsp3) is 0.417. The van der Waals surface area contributed by atoms with Crippen LogP contribution in [0.3, 0.4) is 0 Å². The highest BCUT2D eigenvalue weighted by atomic mass is 16.5. The van der Waals surface area contributed by atoms with Crippen molar-refractivity contribution in [3.8, 4) is 0 Å². The summed E-state index contributed by atoms with van der Waals surface area (Å²) in [6, 6.07) is 5.32. The Morgan fingerprint density at radius 2 is 2.12 bits per heavy atom. The van der Waals surface area contributed by atoms with Gasteiger partial charge in [-0.1, -0.05) is 6.07 Å². The van der Waals surface area contributed by atoms with Crippen LogP contribution in [0, 0.1) is 0 Å². The summed E-state index contributed by atoms with van der Waals surface area (Å²) in [7, 11) is 1.63. The van der Waals surface area contributed by atoms with Crippen LogP contribution in [0.2, 0.25) is 0 Å². The van der Waals surface area contributed by atoms with E-state index >= 15 is 0 Å². The van der Waals surface area contributed by atoms with Gasteiger partial charge in [0.2, 0.25) is 5.91 Å². The molecule has 0 radical (unpaired) electrons. The van der Waals surface area contributed by atoms with Crippen LogP contribution in [0.1, 0.15) is 19.8 Å². The fourth-order valence-corrected chi connectivity index (χ4v) is 1.29. The number of pyridine rings is 1. The third-order valence-electron chi connectivity index (χ3n) is 2.22. The zero-order valence-electron chi connectivity index (χ0n) is 10.0. The van der Waals surface area contributed by atoms with Crippen LogP contribution >= 0.6 is 0 Å². The van der Waals surface area contributed by atoms with E-state index in [-0.39, 0.29) is 24.7 Å². The van der Waals surface area contributed by atoms with Crippen molar-refractivity contribution < 1.29 is 14.3 Å². The highest BCUT2D eigenvalue weighted by molar-refractivity contribution is 5.93. The van der Waals surface area contributed by atoms with Gasteiger partial charge < -0.3 is 4.74 Å². The van der Waals surface area contributed by atoms with Crippen LogP contribution < -0.4 is 4.90 Å². The number of hydrogen-bond acceptors (Lipinski definition) is 4. The molecule has 0 aliphatic heterocycles. The summed E-state index contributed by atoms with van der Waals surface area (Å²) in [5.41, 5.74) is 0.